The number of benzene rings is 1. The third-order valence-electron chi connectivity index (χ3n) is 4.19. The molecule has 2 heterocycles. The van der Waals surface area contributed by atoms with Crippen LogP contribution in [0.25, 0.3) is 0 Å². The summed E-state index contributed by atoms with van der Waals surface area (Å²) in [5.74, 6) is 0. The van der Waals surface area contributed by atoms with Crippen LogP contribution in [-0.4, -0.2) is 45.8 Å². The van der Waals surface area contributed by atoms with Crippen molar-refractivity contribution in [1.82, 2.24) is 25.0 Å². The summed E-state index contributed by atoms with van der Waals surface area (Å²) in [5.41, 5.74) is 1.31. The smallest absolute Gasteiger partial charge is 0.137 e. The molecule has 3 rings (SSSR count). The molecular weight excluding hydrogens is 262 g/mol. The average Bonchev–Trinajstić information content (AvgIpc) is 3.03. The van der Waals surface area contributed by atoms with Gasteiger partial charge < -0.3 is 10.2 Å². The fourth-order valence-corrected chi connectivity index (χ4v) is 2.91. The van der Waals surface area contributed by atoms with Crippen molar-refractivity contribution in [3.8, 4) is 0 Å². The van der Waals surface area contributed by atoms with Gasteiger partial charge in [-0.25, -0.2) is 4.98 Å². The van der Waals surface area contributed by atoms with Crippen LogP contribution in [0.3, 0.4) is 0 Å². The second-order valence-corrected chi connectivity index (χ2v) is 5.83. The highest BCUT2D eigenvalue weighted by atomic mass is 15.3. The molecule has 1 saturated heterocycles. The number of nitrogens with zero attached hydrogens (tertiary/aromatic N) is 4. The molecular formula is C16H23N5. The highest BCUT2D eigenvalue weighted by molar-refractivity contribution is 5.19. The van der Waals surface area contributed by atoms with Crippen molar-refractivity contribution in [2.75, 3.05) is 20.1 Å². The lowest BCUT2D eigenvalue weighted by atomic mass is 10.0. The standard InChI is InChI=1S/C16H23N5/c1-20-9-7-15(8-10-20)19-16(11-21-13-17-12-18-21)14-5-3-2-4-6-14/h2-6,12-13,15-16,19H,7-11H2,1H3/t16-/m1/s1. The molecule has 5 heteroatoms. The first-order valence-corrected chi connectivity index (χ1v) is 7.63. The van der Waals surface area contributed by atoms with Crippen molar-refractivity contribution >= 4 is 0 Å². The zero-order valence-corrected chi connectivity index (χ0v) is 12.5. The molecule has 1 aliphatic heterocycles. The van der Waals surface area contributed by atoms with Crippen LogP contribution in [0.5, 0.6) is 0 Å². The van der Waals surface area contributed by atoms with Crippen molar-refractivity contribution in [2.24, 2.45) is 0 Å². The third kappa shape index (κ3) is 3.89. The highest BCUT2D eigenvalue weighted by Gasteiger charge is 2.21. The Morgan fingerprint density at radius 1 is 1.24 bits per heavy atom. The number of aromatic nitrogens is 3. The van der Waals surface area contributed by atoms with Gasteiger partial charge in [-0.05, 0) is 38.5 Å². The van der Waals surface area contributed by atoms with Crippen molar-refractivity contribution in [1.29, 1.82) is 0 Å². The highest BCUT2D eigenvalue weighted by Crippen LogP contribution is 2.18. The molecule has 0 bridgehead atoms. The van der Waals surface area contributed by atoms with E-state index in [0.717, 1.165) is 6.54 Å². The first kappa shape index (κ1) is 14.2. The van der Waals surface area contributed by atoms with E-state index in [0.29, 0.717) is 6.04 Å². The summed E-state index contributed by atoms with van der Waals surface area (Å²) in [6.07, 6.45) is 5.79. The topological polar surface area (TPSA) is 46.0 Å². The fourth-order valence-electron chi connectivity index (χ4n) is 2.91. The van der Waals surface area contributed by atoms with Crippen LogP contribution in [0.2, 0.25) is 0 Å². The number of likely N-dealkylation sites (tertiary alicyclic amines) is 1. The van der Waals surface area contributed by atoms with Gasteiger partial charge in [-0.2, -0.15) is 5.10 Å². The summed E-state index contributed by atoms with van der Waals surface area (Å²) in [4.78, 5) is 6.44. The van der Waals surface area contributed by atoms with E-state index in [2.05, 4.69) is 57.7 Å². The maximum Gasteiger partial charge on any atom is 0.137 e. The molecule has 1 aliphatic rings. The predicted molar refractivity (Wildman–Crippen MR) is 82.9 cm³/mol. The monoisotopic (exact) mass is 285 g/mol. The Morgan fingerprint density at radius 2 is 2.00 bits per heavy atom. The number of hydrogen-bond acceptors (Lipinski definition) is 4. The second kappa shape index (κ2) is 6.83. The molecule has 2 aromatic rings. The van der Waals surface area contributed by atoms with E-state index in [1.807, 2.05) is 4.68 Å². The van der Waals surface area contributed by atoms with E-state index in [-0.39, 0.29) is 6.04 Å². The van der Waals surface area contributed by atoms with E-state index in [9.17, 15) is 0 Å². The minimum atomic E-state index is 0.279. The summed E-state index contributed by atoms with van der Waals surface area (Å²) in [5, 5.41) is 8.06. The zero-order valence-electron chi connectivity index (χ0n) is 12.5. The van der Waals surface area contributed by atoms with Crippen LogP contribution in [-0.2, 0) is 6.54 Å². The number of piperidine rings is 1. The fraction of sp³-hybridized carbons (Fsp3) is 0.500. The van der Waals surface area contributed by atoms with Gasteiger partial charge in [-0.3, -0.25) is 4.68 Å². The lowest BCUT2D eigenvalue weighted by Crippen LogP contribution is -2.43. The first-order valence-electron chi connectivity index (χ1n) is 7.63. The third-order valence-corrected chi connectivity index (χ3v) is 4.19. The Kier molecular flexibility index (Phi) is 4.62. The minimum absolute atomic E-state index is 0.279. The van der Waals surface area contributed by atoms with Gasteiger partial charge in [0.2, 0.25) is 0 Å². The van der Waals surface area contributed by atoms with Crippen molar-refractivity contribution in [2.45, 2.75) is 31.5 Å². The van der Waals surface area contributed by atoms with Gasteiger partial charge >= 0.3 is 0 Å². The Hall–Kier alpha value is -1.72. The van der Waals surface area contributed by atoms with Crippen LogP contribution in [0.1, 0.15) is 24.4 Å². The number of nitrogens with one attached hydrogen (secondary N) is 1. The molecule has 0 unspecified atom stereocenters. The maximum absolute atomic E-state index is 4.24. The van der Waals surface area contributed by atoms with E-state index in [1.54, 1.807) is 12.7 Å². The van der Waals surface area contributed by atoms with Crippen LogP contribution < -0.4 is 5.32 Å². The Bertz CT molecular complexity index is 517. The Balaban J connectivity index is 1.70. The molecule has 1 aromatic carbocycles. The van der Waals surface area contributed by atoms with Crippen LogP contribution in [0, 0.1) is 0 Å². The Labute approximate surface area is 126 Å². The molecule has 0 aliphatic carbocycles. The largest absolute Gasteiger partial charge is 0.306 e. The molecule has 1 aromatic heterocycles. The number of rotatable bonds is 5. The first-order chi connectivity index (χ1) is 10.3. The molecule has 0 amide bonds. The lowest BCUT2D eigenvalue weighted by molar-refractivity contribution is 0.219. The predicted octanol–water partition coefficient (Wildman–Crippen LogP) is 1.70. The van der Waals surface area contributed by atoms with Gasteiger partial charge in [-0.1, -0.05) is 30.3 Å². The number of hydrogen-bond donors (Lipinski definition) is 1. The van der Waals surface area contributed by atoms with Crippen molar-refractivity contribution in [3.63, 3.8) is 0 Å². The summed E-state index contributed by atoms with van der Waals surface area (Å²) in [7, 11) is 2.19. The molecule has 5 nitrogen and oxygen atoms in total. The molecule has 0 spiro atoms. The normalized spacial score (nSPS) is 18.7. The average molecular weight is 285 g/mol. The van der Waals surface area contributed by atoms with E-state index < -0.39 is 0 Å². The van der Waals surface area contributed by atoms with E-state index in [1.165, 1.54) is 31.5 Å². The summed E-state index contributed by atoms with van der Waals surface area (Å²) in [6.45, 7) is 3.15. The zero-order chi connectivity index (χ0) is 14.5. The molecule has 1 N–H and O–H groups in total. The minimum Gasteiger partial charge on any atom is -0.306 e. The molecule has 0 saturated carbocycles. The van der Waals surface area contributed by atoms with Gasteiger partial charge in [-0.15, -0.1) is 0 Å². The quantitative estimate of drug-likeness (QED) is 0.908. The van der Waals surface area contributed by atoms with Gasteiger partial charge in [0.1, 0.15) is 12.7 Å². The molecule has 1 fully saturated rings. The van der Waals surface area contributed by atoms with Crippen LogP contribution in [0.4, 0.5) is 0 Å². The van der Waals surface area contributed by atoms with Gasteiger partial charge in [0.25, 0.3) is 0 Å². The van der Waals surface area contributed by atoms with Crippen LogP contribution in [0.15, 0.2) is 43.0 Å². The molecule has 0 radical (unpaired) electrons. The molecule has 21 heavy (non-hydrogen) atoms. The van der Waals surface area contributed by atoms with Gasteiger partial charge in [0.05, 0.1) is 12.6 Å². The SMILES string of the molecule is CN1CCC(N[C@H](Cn2cncn2)c2ccccc2)CC1. The van der Waals surface area contributed by atoms with E-state index >= 15 is 0 Å². The summed E-state index contributed by atoms with van der Waals surface area (Å²) < 4.78 is 1.90. The van der Waals surface area contributed by atoms with Gasteiger partial charge in [0.15, 0.2) is 0 Å². The molecule has 112 valence electrons. The Morgan fingerprint density at radius 3 is 2.67 bits per heavy atom. The van der Waals surface area contributed by atoms with Crippen LogP contribution >= 0.6 is 0 Å². The van der Waals surface area contributed by atoms with E-state index in [4.69, 9.17) is 0 Å². The maximum atomic E-state index is 4.24. The molecule has 1 atom stereocenters. The van der Waals surface area contributed by atoms with Gasteiger partial charge in [0, 0.05) is 6.04 Å². The summed E-state index contributed by atoms with van der Waals surface area (Å²) in [6, 6.07) is 11.5. The lowest BCUT2D eigenvalue weighted by Gasteiger charge is -2.32. The second-order valence-electron chi connectivity index (χ2n) is 5.83. The van der Waals surface area contributed by atoms with Crippen molar-refractivity contribution in [3.05, 3.63) is 48.5 Å². The summed E-state index contributed by atoms with van der Waals surface area (Å²) >= 11 is 0. The van der Waals surface area contributed by atoms with Crippen molar-refractivity contribution < 1.29 is 0 Å².